The van der Waals surface area contributed by atoms with Crippen molar-refractivity contribution in [2.24, 2.45) is 5.92 Å². The summed E-state index contributed by atoms with van der Waals surface area (Å²) in [4.78, 5) is 14.0. The van der Waals surface area contributed by atoms with Crippen LogP contribution in [0.5, 0.6) is 0 Å². The van der Waals surface area contributed by atoms with Gasteiger partial charge in [-0.3, -0.25) is 4.79 Å². The number of nitrogens with zero attached hydrogens (tertiary/aromatic N) is 2. The number of hydrogen-bond acceptors (Lipinski definition) is 3. The van der Waals surface area contributed by atoms with E-state index < -0.39 is 10.0 Å². The van der Waals surface area contributed by atoms with Crippen LogP contribution in [0.4, 0.5) is 0 Å². The van der Waals surface area contributed by atoms with Crippen molar-refractivity contribution in [3.05, 3.63) is 29.3 Å². The summed E-state index contributed by atoms with van der Waals surface area (Å²) in [5.41, 5.74) is 1.66. The smallest absolute Gasteiger partial charge is 0.243 e. The van der Waals surface area contributed by atoms with E-state index in [2.05, 4.69) is 0 Å². The number of sulfonamides is 1. The van der Waals surface area contributed by atoms with Gasteiger partial charge in [0.15, 0.2) is 0 Å². The average molecular weight is 324 g/mol. The molecule has 22 heavy (non-hydrogen) atoms. The lowest BCUT2D eigenvalue weighted by molar-refractivity contribution is -0.134. The van der Waals surface area contributed by atoms with Gasteiger partial charge in [0, 0.05) is 27.2 Å². The molecule has 0 bridgehead atoms. The van der Waals surface area contributed by atoms with Crippen LogP contribution in [0.25, 0.3) is 0 Å². The van der Waals surface area contributed by atoms with Crippen LogP contribution in [0, 0.1) is 19.8 Å². The van der Waals surface area contributed by atoms with Gasteiger partial charge in [0.1, 0.15) is 0 Å². The second-order valence-corrected chi connectivity index (χ2v) is 8.11. The van der Waals surface area contributed by atoms with E-state index in [1.807, 2.05) is 19.1 Å². The molecule has 1 aliphatic heterocycles. The maximum Gasteiger partial charge on any atom is 0.243 e. The fourth-order valence-corrected chi connectivity index (χ4v) is 4.69. The van der Waals surface area contributed by atoms with Gasteiger partial charge in [-0.1, -0.05) is 12.1 Å². The number of piperidine rings is 1. The number of carbonyl (C=O) groups excluding carboxylic acids is 1. The molecule has 0 aromatic heterocycles. The Labute approximate surface area is 133 Å². The number of hydrogen-bond donors (Lipinski definition) is 0. The molecule has 0 saturated carbocycles. The number of rotatable bonds is 3. The van der Waals surface area contributed by atoms with E-state index in [1.54, 1.807) is 32.0 Å². The van der Waals surface area contributed by atoms with Crippen molar-refractivity contribution in [2.75, 3.05) is 27.2 Å². The van der Waals surface area contributed by atoms with E-state index >= 15 is 0 Å². The van der Waals surface area contributed by atoms with Crippen LogP contribution in [0.15, 0.2) is 23.1 Å². The predicted molar refractivity (Wildman–Crippen MR) is 86.1 cm³/mol. The molecule has 122 valence electrons. The quantitative estimate of drug-likeness (QED) is 0.852. The van der Waals surface area contributed by atoms with Gasteiger partial charge in [-0.05, 0) is 43.9 Å². The number of aryl methyl sites for hydroxylation is 2. The molecule has 6 heteroatoms. The standard InChI is InChI=1S/C16H24N2O3S/c1-12-7-8-13(2)15(10-12)22(20,21)18-9-5-6-14(11-18)16(19)17(3)4/h7-8,10,14H,5-6,9,11H2,1-4H3. The minimum Gasteiger partial charge on any atom is -0.349 e. The van der Waals surface area contributed by atoms with E-state index in [-0.39, 0.29) is 18.4 Å². The normalized spacial score (nSPS) is 19.9. The molecule has 1 aromatic carbocycles. The van der Waals surface area contributed by atoms with Crippen LogP contribution in [0.3, 0.4) is 0 Å². The Morgan fingerprint density at radius 1 is 1.27 bits per heavy atom. The zero-order chi connectivity index (χ0) is 16.5. The Kier molecular flexibility index (Phi) is 4.92. The second kappa shape index (κ2) is 6.38. The molecule has 0 spiro atoms. The summed E-state index contributed by atoms with van der Waals surface area (Å²) in [6, 6.07) is 5.44. The third kappa shape index (κ3) is 3.33. The fourth-order valence-electron chi connectivity index (χ4n) is 2.85. The first-order chi connectivity index (χ1) is 10.2. The Balaban J connectivity index is 2.29. The molecule has 0 N–H and O–H groups in total. The molecule has 1 fully saturated rings. The van der Waals surface area contributed by atoms with Crippen molar-refractivity contribution in [1.29, 1.82) is 0 Å². The van der Waals surface area contributed by atoms with E-state index in [0.717, 1.165) is 17.5 Å². The Morgan fingerprint density at radius 2 is 1.95 bits per heavy atom. The van der Waals surface area contributed by atoms with Gasteiger partial charge in [0.25, 0.3) is 0 Å². The molecule has 1 heterocycles. The summed E-state index contributed by atoms with van der Waals surface area (Å²) in [5.74, 6) is -0.246. The Bertz CT molecular complexity index is 668. The van der Waals surface area contributed by atoms with E-state index in [0.29, 0.717) is 17.9 Å². The molecular weight excluding hydrogens is 300 g/mol. The van der Waals surface area contributed by atoms with E-state index in [9.17, 15) is 13.2 Å². The van der Waals surface area contributed by atoms with Crippen LogP contribution in [0.1, 0.15) is 24.0 Å². The highest BCUT2D eigenvalue weighted by atomic mass is 32.2. The first kappa shape index (κ1) is 17.0. The van der Waals surface area contributed by atoms with Gasteiger partial charge >= 0.3 is 0 Å². The molecule has 0 radical (unpaired) electrons. The van der Waals surface area contributed by atoms with E-state index in [1.165, 1.54) is 4.31 Å². The van der Waals surface area contributed by atoms with Gasteiger partial charge in [-0.2, -0.15) is 4.31 Å². The molecular formula is C16H24N2O3S. The first-order valence-corrected chi connectivity index (χ1v) is 8.96. The lowest BCUT2D eigenvalue weighted by Crippen LogP contribution is -2.45. The zero-order valence-corrected chi connectivity index (χ0v) is 14.5. The van der Waals surface area contributed by atoms with Crippen LogP contribution in [0.2, 0.25) is 0 Å². The predicted octanol–water partition coefficient (Wildman–Crippen LogP) is 1.79. The SMILES string of the molecule is Cc1ccc(C)c(S(=O)(=O)N2CCCC(C(=O)N(C)C)C2)c1. The summed E-state index contributed by atoms with van der Waals surface area (Å²) in [5, 5.41) is 0. The maximum absolute atomic E-state index is 12.9. The van der Waals surface area contributed by atoms with E-state index in [4.69, 9.17) is 0 Å². The molecule has 0 aliphatic carbocycles. The number of carbonyl (C=O) groups is 1. The number of benzene rings is 1. The van der Waals surface area contributed by atoms with Crippen LogP contribution >= 0.6 is 0 Å². The summed E-state index contributed by atoms with van der Waals surface area (Å²) < 4.78 is 27.3. The average Bonchev–Trinajstić information content (AvgIpc) is 2.48. The lowest BCUT2D eigenvalue weighted by atomic mass is 9.98. The van der Waals surface area contributed by atoms with Crippen molar-refractivity contribution in [2.45, 2.75) is 31.6 Å². The van der Waals surface area contributed by atoms with Crippen molar-refractivity contribution in [3.8, 4) is 0 Å². The zero-order valence-electron chi connectivity index (χ0n) is 13.7. The van der Waals surface area contributed by atoms with Crippen molar-refractivity contribution < 1.29 is 13.2 Å². The molecule has 1 aromatic rings. The van der Waals surface area contributed by atoms with Crippen LogP contribution in [-0.2, 0) is 14.8 Å². The summed E-state index contributed by atoms with van der Waals surface area (Å²) in [6.45, 7) is 4.44. The van der Waals surface area contributed by atoms with Gasteiger partial charge in [-0.15, -0.1) is 0 Å². The molecule has 2 rings (SSSR count). The summed E-state index contributed by atoms with van der Waals surface area (Å²) in [6.07, 6.45) is 1.46. The summed E-state index contributed by atoms with van der Waals surface area (Å²) >= 11 is 0. The molecule has 5 nitrogen and oxygen atoms in total. The highest BCUT2D eigenvalue weighted by Gasteiger charge is 2.34. The highest BCUT2D eigenvalue weighted by molar-refractivity contribution is 7.89. The topological polar surface area (TPSA) is 57.7 Å². The minimum absolute atomic E-state index is 0.000800. The van der Waals surface area contributed by atoms with Crippen LogP contribution in [-0.4, -0.2) is 50.7 Å². The minimum atomic E-state index is -3.54. The Hall–Kier alpha value is -1.40. The fraction of sp³-hybridized carbons (Fsp3) is 0.562. The largest absolute Gasteiger partial charge is 0.349 e. The Morgan fingerprint density at radius 3 is 2.59 bits per heavy atom. The molecule has 1 aliphatic rings. The first-order valence-electron chi connectivity index (χ1n) is 7.52. The maximum atomic E-state index is 12.9. The molecule has 1 saturated heterocycles. The van der Waals surface area contributed by atoms with Gasteiger partial charge in [0.05, 0.1) is 10.8 Å². The highest BCUT2D eigenvalue weighted by Crippen LogP contribution is 2.27. The van der Waals surface area contributed by atoms with Gasteiger partial charge < -0.3 is 4.90 Å². The third-order valence-corrected chi connectivity index (χ3v) is 6.14. The monoisotopic (exact) mass is 324 g/mol. The lowest BCUT2D eigenvalue weighted by Gasteiger charge is -2.32. The molecule has 1 amide bonds. The molecule has 1 unspecified atom stereocenters. The number of amides is 1. The second-order valence-electron chi connectivity index (χ2n) is 6.20. The third-order valence-electron chi connectivity index (χ3n) is 4.14. The van der Waals surface area contributed by atoms with Gasteiger partial charge in [0.2, 0.25) is 15.9 Å². The molecule has 1 atom stereocenters. The van der Waals surface area contributed by atoms with Gasteiger partial charge in [-0.25, -0.2) is 8.42 Å². The van der Waals surface area contributed by atoms with Crippen molar-refractivity contribution >= 4 is 15.9 Å². The van der Waals surface area contributed by atoms with Crippen molar-refractivity contribution in [3.63, 3.8) is 0 Å². The van der Waals surface area contributed by atoms with Crippen molar-refractivity contribution in [1.82, 2.24) is 9.21 Å². The summed E-state index contributed by atoms with van der Waals surface area (Å²) in [7, 11) is -0.127. The van der Waals surface area contributed by atoms with Crippen LogP contribution < -0.4 is 0 Å².